The van der Waals surface area contributed by atoms with Crippen LogP contribution in [0.5, 0.6) is 57.5 Å². The summed E-state index contributed by atoms with van der Waals surface area (Å²) in [6, 6.07) is 24.9. The van der Waals surface area contributed by atoms with Gasteiger partial charge in [0.15, 0.2) is 59.6 Å². The molecule has 22 nitrogen and oxygen atoms in total. The summed E-state index contributed by atoms with van der Waals surface area (Å²) in [7, 11) is 10.5. The Balaban J connectivity index is 0.000000178. The number of piperazine rings is 2. The van der Waals surface area contributed by atoms with Gasteiger partial charge in [-0.1, -0.05) is 85.5 Å². The first-order chi connectivity index (χ1) is 48.1. The van der Waals surface area contributed by atoms with E-state index in [0.717, 1.165) is 61.2 Å². The molecule has 99 heavy (non-hydrogen) atoms. The number of nitriles is 2. The van der Waals surface area contributed by atoms with Crippen LogP contribution in [0.25, 0.3) is 12.2 Å². The number of fused-ring (bicyclic) bond motifs is 18. The minimum absolute atomic E-state index is 0.00417. The monoisotopic (exact) mass is 1350 g/mol. The highest BCUT2D eigenvalue weighted by Crippen LogP contribution is 2.61. The van der Waals surface area contributed by atoms with Gasteiger partial charge in [0.2, 0.25) is 13.6 Å². The normalized spacial score (nSPS) is 23.5. The number of esters is 2. The van der Waals surface area contributed by atoms with E-state index in [1.54, 1.807) is 53.6 Å². The van der Waals surface area contributed by atoms with E-state index in [1.165, 1.54) is 12.2 Å². The van der Waals surface area contributed by atoms with Gasteiger partial charge in [-0.3, -0.25) is 19.6 Å². The van der Waals surface area contributed by atoms with Crippen molar-refractivity contribution in [1.29, 1.82) is 10.5 Å². The van der Waals surface area contributed by atoms with Gasteiger partial charge in [-0.2, -0.15) is 10.5 Å². The van der Waals surface area contributed by atoms with Crippen LogP contribution in [-0.2, 0) is 54.2 Å². The predicted molar refractivity (Wildman–Crippen MR) is 364 cm³/mol. The molecular formula is C77H82N6O16. The first-order valence-electron chi connectivity index (χ1n) is 33.2. The van der Waals surface area contributed by atoms with Crippen LogP contribution in [-0.4, -0.2) is 162 Å². The smallest absolute Gasteiger partial charge is 0.330 e. The van der Waals surface area contributed by atoms with E-state index >= 15 is 0 Å². The number of hydrogen-bond donors (Lipinski definition) is 1. The summed E-state index contributed by atoms with van der Waals surface area (Å²) in [5, 5.41) is 33.5. The number of carbonyl (C=O) groups excluding carboxylic acids is 2. The molecular weight excluding hydrogens is 1260 g/mol. The van der Waals surface area contributed by atoms with Gasteiger partial charge in [-0.05, 0) is 113 Å². The molecule has 8 aliphatic rings. The van der Waals surface area contributed by atoms with Gasteiger partial charge in [0.25, 0.3) is 0 Å². The van der Waals surface area contributed by atoms with Crippen molar-refractivity contribution in [2.75, 3.05) is 89.5 Å². The Morgan fingerprint density at radius 3 is 1.43 bits per heavy atom. The molecule has 516 valence electrons. The Morgan fingerprint density at radius 1 is 0.566 bits per heavy atom. The van der Waals surface area contributed by atoms with E-state index in [1.807, 2.05) is 88.5 Å². The molecule has 6 aromatic rings. The lowest BCUT2D eigenvalue weighted by Crippen LogP contribution is -2.68. The summed E-state index contributed by atoms with van der Waals surface area (Å²) in [5.74, 6) is 4.46. The third kappa shape index (κ3) is 12.0. The van der Waals surface area contributed by atoms with Crippen LogP contribution < -0.4 is 42.6 Å². The van der Waals surface area contributed by atoms with Crippen molar-refractivity contribution < 1.29 is 76.3 Å². The highest BCUT2D eigenvalue weighted by Gasteiger charge is 2.59. The second kappa shape index (κ2) is 28.6. The number of phenols is 1. The molecule has 8 aliphatic heterocycles. The quantitative estimate of drug-likeness (QED) is 0.0343. The van der Waals surface area contributed by atoms with Crippen molar-refractivity contribution in [3.05, 3.63) is 175 Å². The lowest BCUT2D eigenvalue weighted by atomic mass is 9.71. The molecule has 1 N–H and O–H groups in total. The lowest BCUT2D eigenvalue weighted by molar-refractivity contribution is -0.144. The number of hydrogen-bond acceptors (Lipinski definition) is 22. The number of aryl methyl sites for hydroxylation is 2. The Morgan fingerprint density at radius 2 is 1.00 bits per heavy atom. The zero-order chi connectivity index (χ0) is 69.5. The van der Waals surface area contributed by atoms with Crippen LogP contribution in [0.2, 0.25) is 0 Å². The number of methoxy groups -OCH3 is 4. The maximum Gasteiger partial charge on any atom is 0.330 e. The molecule has 8 heterocycles. The van der Waals surface area contributed by atoms with Crippen LogP contribution in [0.1, 0.15) is 102 Å². The molecule has 22 heteroatoms. The van der Waals surface area contributed by atoms with Crippen molar-refractivity contribution in [3.8, 4) is 69.6 Å². The molecule has 0 saturated carbocycles. The van der Waals surface area contributed by atoms with Crippen molar-refractivity contribution in [1.82, 2.24) is 19.6 Å². The number of benzene rings is 6. The number of nitrogens with zero attached hydrogens (tertiary/aromatic N) is 6. The Labute approximate surface area is 576 Å². The minimum atomic E-state index is -0.615. The van der Waals surface area contributed by atoms with Crippen molar-refractivity contribution in [3.63, 3.8) is 0 Å². The Kier molecular flexibility index (Phi) is 19.6. The number of likely N-dealkylation sites (N-methyl/N-ethyl adjacent to an activating group) is 2. The van der Waals surface area contributed by atoms with Gasteiger partial charge in [0.05, 0.1) is 50.5 Å². The van der Waals surface area contributed by atoms with E-state index in [2.05, 4.69) is 57.5 Å². The van der Waals surface area contributed by atoms with Crippen LogP contribution in [0.15, 0.2) is 97.6 Å². The van der Waals surface area contributed by atoms with E-state index in [9.17, 15) is 25.2 Å². The van der Waals surface area contributed by atoms with Crippen LogP contribution in [0, 0.1) is 50.4 Å². The Hall–Kier alpha value is -9.78. The summed E-state index contributed by atoms with van der Waals surface area (Å²) in [4.78, 5) is 35.4. The summed E-state index contributed by atoms with van der Waals surface area (Å²) >= 11 is 0. The Bertz CT molecular complexity index is 4260. The first kappa shape index (κ1) is 67.8. The molecule has 0 spiro atoms. The van der Waals surface area contributed by atoms with Crippen molar-refractivity contribution in [2.45, 2.75) is 114 Å². The summed E-state index contributed by atoms with van der Waals surface area (Å²) in [6.45, 7) is 11.9. The molecule has 2 unspecified atom stereocenters. The molecule has 0 amide bonds. The molecule has 0 aliphatic carbocycles. The molecule has 2 fully saturated rings. The fourth-order valence-electron chi connectivity index (χ4n) is 16.7. The molecule has 0 aromatic heterocycles. The molecule has 4 bridgehead atoms. The second-order valence-corrected chi connectivity index (χ2v) is 25.9. The highest BCUT2D eigenvalue weighted by molar-refractivity contribution is 5.88. The largest absolute Gasteiger partial charge is 0.507 e. The maximum absolute atomic E-state index is 13.3. The summed E-state index contributed by atoms with van der Waals surface area (Å²) < 4.78 is 77.5. The number of aromatic hydroxyl groups is 1. The second-order valence-electron chi connectivity index (χ2n) is 25.9. The average Bonchev–Trinajstić information content (AvgIpc) is 1.41. The summed E-state index contributed by atoms with van der Waals surface area (Å²) in [6.07, 6.45) is 10.1. The summed E-state index contributed by atoms with van der Waals surface area (Å²) in [5.41, 5.74) is 12.3. The van der Waals surface area contributed by atoms with Crippen molar-refractivity contribution in [2.24, 2.45) is 0 Å². The SMILES string of the molecule is C=CCOc1c(C)c2c(c3c1CC1[C@H]4c5c(cc(C)c(OC)c5OCOC)C[C@@H]([C@H](C#N)N1[C@H]3COC(=O)/C=C/c1ccccc1)N4C)OCO2.COCOc1c(OC)c(C)cc2c1[C@@H]1C3Cc4c(O)c(C)c5c(c4[C@H](COC(=O)/C=C/c4ccccc4)N3[C@@H](C#N)[C@H](C2)N1C)OCO5. The third-order valence-corrected chi connectivity index (χ3v) is 20.7. The van der Waals surface area contributed by atoms with Gasteiger partial charge >= 0.3 is 11.9 Å². The van der Waals surface area contributed by atoms with Crippen LogP contribution in [0.4, 0.5) is 0 Å². The number of phenolic OH excluding ortho intramolecular Hbond substituents is 1. The fourth-order valence-corrected chi connectivity index (χ4v) is 16.7. The maximum atomic E-state index is 13.3. The number of ether oxygens (including phenoxy) is 13. The highest BCUT2D eigenvalue weighted by atomic mass is 16.7. The molecule has 6 aromatic carbocycles. The zero-order valence-electron chi connectivity index (χ0n) is 57.3. The predicted octanol–water partition coefficient (Wildman–Crippen LogP) is 10.4. The van der Waals surface area contributed by atoms with E-state index in [-0.39, 0.29) is 89.0 Å². The van der Waals surface area contributed by atoms with Crippen LogP contribution >= 0.6 is 0 Å². The number of rotatable bonds is 19. The molecule has 14 rings (SSSR count). The minimum Gasteiger partial charge on any atom is -0.507 e. The van der Waals surface area contributed by atoms with Gasteiger partial charge in [0.1, 0.15) is 43.4 Å². The zero-order valence-corrected chi connectivity index (χ0v) is 57.3. The molecule has 10 atom stereocenters. The van der Waals surface area contributed by atoms with E-state index < -0.39 is 36.1 Å². The lowest BCUT2D eigenvalue weighted by Gasteiger charge is -2.59. The van der Waals surface area contributed by atoms with Gasteiger partial charge in [-0.25, -0.2) is 9.59 Å². The van der Waals surface area contributed by atoms with E-state index in [0.29, 0.717) is 94.1 Å². The van der Waals surface area contributed by atoms with Crippen LogP contribution in [0.3, 0.4) is 0 Å². The molecule has 2 saturated heterocycles. The van der Waals surface area contributed by atoms with Crippen molar-refractivity contribution >= 4 is 24.1 Å². The molecule has 0 radical (unpaired) electrons. The van der Waals surface area contributed by atoms with Gasteiger partial charge < -0.3 is 66.7 Å². The first-order valence-corrected chi connectivity index (χ1v) is 33.2. The van der Waals surface area contributed by atoms with E-state index in [4.69, 9.17) is 61.6 Å². The topological polar surface area (TPSA) is 235 Å². The standard InChI is InChI=1S/C40H43N3O8.C37H39N3O8/c1-7-15-47-37-24(3)38-40(51-22-50-38)34-27(37)18-29-35-33-26(16-23(2)36(46-6)39(33)49-21-45-5)17-28(42(35)4)30(19-41)43(29)31(34)20-48-32(44)14-13-25-11-9-8-10-12-25;1-20-13-23-14-25-27(16-38)40-26(32(39(25)3)30(23)36(34(20)44-5)46-18-43-4)15-24-31(37-35(47-19-48-37)21(2)33(24)42)28(40)17-45-29(41)12-11-22-9-7-6-8-10-22/h7-14,16,28-31,35H,1,15,17-18,20-22H2,2-6H3;6-13,25-28,32,42H,14-15,17-19H2,1-5H3/b14-13+;12-11+/t28-,29?,30-,31-,35-;25-,26?,27-,28-,32-/m00/s1. The fraction of sp³-hybridized carbons (Fsp3) is 0.403. The van der Waals surface area contributed by atoms with Gasteiger partial charge in [-0.15, -0.1) is 0 Å². The third-order valence-electron chi connectivity index (χ3n) is 20.7. The number of carbonyl (C=O) groups is 2. The van der Waals surface area contributed by atoms with Gasteiger partial charge in [0, 0.05) is 95.0 Å². The average molecular weight is 1350 g/mol.